The van der Waals surface area contributed by atoms with Gasteiger partial charge in [0.15, 0.2) is 6.61 Å². The average Bonchev–Trinajstić information content (AvgIpc) is 3.01. The summed E-state index contributed by atoms with van der Waals surface area (Å²) >= 11 is 3.37. The largest absolute Gasteiger partial charge is 0.451 e. The molecule has 1 aromatic heterocycles. The Balaban J connectivity index is 1.99. The number of amides is 1. The number of nitrogens with zero attached hydrogens (tertiary/aromatic N) is 2. The predicted octanol–water partition coefficient (Wildman–Crippen LogP) is 3.84. The molecule has 1 unspecified atom stereocenters. The van der Waals surface area contributed by atoms with Crippen LogP contribution in [0.1, 0.15) is 35.5 Å². The van der Waals surface area contributed by atoms with Crippen LogP contribution in [0.5, 0.6) is 0 Å². The van der Waals surface area contributed by atoms with Crippen LogP contribution in [0.15, 0.2) is 40.4 Å². The number of aryl methyl sites for hydroxylation is 1. The van der Waals surface area contributed by atoms with Crippen molar-refractivity contribution in [3.05, 3.63) is 62.9 Å². The van der Waals surface area contributed by atoms with Gasteiger partial charge in [0.2, 0.25) is 0 Å². The third-order valence-corrected chi connectivity index (χ3v) is 5.38. The first-order chi connectivity index (χ1) is 14.8. The van der Waals surface area contributed by atoms with E-state index in [1.165, 1.54) is 6.08 Å². The molecule has 0 fully saturated rings. The van der Waals surface area contributed by atoms with Gasteiger partial charge in [-0.25, -0.2) is 4.79 Å². The molecule has 2 aromatic rings. The van der Waals surface area contributed by atoms with Gasteiger partial charge in [0.05, 0.1) is 12.6 Å². The molecule has 0 saturated carbocycles. The number of carbonyl (C=O) groups excluding carboxylic acids is 2. The Morgan fingerprint density at radius 3 is 2.58 bits per heavy atom. The molecule has 164 valence electrons. The van der Waals surface area contributed by atoms with Crippen molar-refractivity contribution in [3.8, 4) is 6.07 Å². The van der Waals surface area contributed by atoms with E-state index in [1.807, 2.05) is 61.7 Å². The Bertz CT molecular complexity index is 1000. The van der Waals surface area contributed by atoms with E-state index in [0.717, 1.165) is 27.0 Å². The summed E-state index contributed by atoms with van der Waals surface area (Å²) in [6.07, 6.45) is 1.48. The topological polar surface area (TPSA) is 93.3 Å². The van der Waals surface area contributed by atoms with Gasteiger partial charge >= 0.3 is 5.97 Å². The van der Waals surface area contributed by atoms with Crippen LogP contribution < -0.4 is 5.32 Å². The Morgan fingerprint density at radius 2 is 1.97 bits per heavy atom. The fourth-order valence-corrected chi connectivity index (χ4v) is 3.38. The van der Waals surface area contributed by atoms with Crippen LogP contribution >= 0.6 is 15.9 Å². The van der Waals surface area contributed by atoms with Crippen molar-refractivity contribution in [1.82, 2.24) is 9.88 Å². The zero-order chi connectivity index (χ0) is 23.0. The van der Waals surface area contributed by atoms with Crippen LogP contribution in [0.3, 0.4) is 0 Å². The van der Waals surface area contributed by atoms with Crippen molar-refractivity contribution in [2.24, 2.45) is 0 Å². The second-order valence-electron chi connectivity index (χ2n) is 7.06. The fourth-order valence-electron chi connectivity index (χ4n) is 3.12. The van der Waals surface area contributed by atoms with Gasteiger partial charge in [0.25, 0.3) is 5.91 Å². The zero-order valence-corrected chi connectivity index (χ0v) is 19.7. The zero-order valence-electron chi connectivity index (χ0n) is 18.1. The van der Waals surface area contributed by atoms with E-state index in [0.29, 0.717) is 13.2 Å². The first kappa shape index (κ1) is 24.4. The molecule has 7 nitrogen and oxygen atoms in total. The number of halogens is 1. The van der Waals surface area contributed by atoms with Crippen LogP contribution in [0.4, 0.5) is 0 Å². The minimum Gasteiger partial charge on any atom is -0.451 e. The maximum atomic E-state index is 12.3. The van der Waals surface area contributed by atoms with Crippen LogP contribution in [0, 0.1) is 25.2 Å². The molecule has 0 spiro atoms. The van der Waals surface area contributed by atoms with E-state index in [2.05, 4.69) is 21.2 Å². The lowest BCUT2D eigenvalue weighted by Crippen LogP contribution is -2.31. The molecular weight excluding hydrogens is 462 g/mol. The first-order valence-corrected chi connectivity index (χ1v) is 10.6. The number of ether oxygens (including phenoxy) is 2. The number of nitriles is 1. The Labute approximate surface area is 190 Å². The summed E-state index contributed by atoms with van der Waals surface area (Å²) in [5.41, 5.74) is 3.41. The van der Waals surface area contributed by atoms with Crippen LogP contribution in [0.2, 0.25) is 0 Å². The maximum absolute atomic E-state index is 12.3. The second kappa shape index (κ2) is 11.5. The molecule has 31 heavy (non-hydrogen) atoms. The lowest BCUT2D eigenvalue weighted by atomic mass is 10.1. The smallest absolute Gasteiger partial charge is 0.349 e. The van der Waals surface area contributed by atoms with Gasteiger partial charge in [-0.2, -0.15) is 5.26 Å². The Morgan fingerprint density at radius 1 is 1.29 bits per heavy atom. The van der Waals surface area contributed by atoms with Gasteiger partial charge in [0, 0.05) is 29.5 Å². The molecule has 8 heteroatoms. The van der Waals surface area contributed by atoms with Crippen molar-refractivity contribution in [2.75, 3.05) is 20.3 Å². The molecule has 0 radical (unpaired) electrons. The molecule has 1 amide bonds. The van der Waals surface area contributed by atoms with Gasteiger partial charge in [-0.05, 0) is 56.2 Å². The summed E-state index contributed by atoms with van der Waals surface area (Å²) in [5, 5.41) is 12.2. The fraction of sp³-hybridized carbons (Fsp3) is 0.348. The first-order valence-electron chi connectivity index (χ1n) is 9.76. The SMILES string of the molecule is COCCn1c(C)cc(/C=C(\C#N)C(=O)OCC(=O)NC(C)c2ccc(Br)cc2)c1C. The standard InChI is InChI=1S/C23H26BrN3O4/c1-15-11-19(17(3)27(15)9-10-30-4)12-20(13-25)23(29)31-14-22(28)26-16(2)18-5-7-21(24)8-6-18/h5-8,11-12,16H,9-10,14H2,1-4H3,(H,26,28)/b20-12+. The van der Waals surface area contributed by atoms with Crippen LogP contribution in [0.25, 0.3) is 6.08 Å². The number of esters is 1. The number of nitrogens with one attached hydrogen (secondary N) is 1. The van der Waals surface area contributed by atoms with Crippen molar-refractivity contribution >= 4 is 33.9 Å². The molecule has 1 N–H and O–H groups in total. The van der Waals surface area contributed by atoms with E-state index in [4.69, 9.17) is 9.47 Å². The van der Waals surface area contributed by atoms with Crippen molar-refractivity contribution < 1.29 is 19.1 Å². The highest BCUT2D eigenvalue weighted by molar-refractivity contribution is 9.10. The monoisotopic (exact) mass is 487 g/mol. The highest BCUT2D eigenvalue weighted by Gasteiger charge is 2.17. The summed E-state index contributed by atoms with van der Waals surface area (Å²) in [6.45, 7) is 6.45. The molecule has 1 aromatic carbocycles. The van der Waals surface area contributed by atoms with Gasteiger partial charge in [-0.3, -0.25) is 4.79 Å². The minimum absolute atomic E-state index is 0.166. The molecule has 1 atom stereocenters. The normalized spacial score (nSPS) is 12.2. The van der Waals surface area contributed by atoms with E-state index in [1.54, 1.807) is 7.11 Å². The molecule has 0 aliphatic heterocycles. The Kier molecular flexibility index (Phi) is 9.03. The molecule has 0 aliphatic carbocycles. The van der Waals surface area contributed by atoms with Crippen molar-refractivity contribution in [1.29, 1.82) is 5.26 Å². The van der Waals surface area contributed by atoms with Crippen molar-refractivity contribution in [2.45, 2.75) is 33.4 Å². The van der Waals surface area contributed by atoms with E-state index < -0.39 is 18.5 Å². The number of hydrogen-bond acceptors (Lipinski definition) is 5. The molecule has 0 saturated heterocycles. The highest BCUT2D eigenvalue weighted by Crippen LogP contribution is 2.19. The maximum Gasteiger partial charge on any atom is 0.349 e. The van der Waals surface area contributed by atoms with Gasteiger partial charge < -0.3 is 19.4 Å². The van der Waals surface area contributed by atoms with Crippen LogP contribution in [-0.2, 0) is 25.6 Å². The lowest BCUT2D eigenvalue weighted by Gasteiger charge is -2.14. The predicted molar refractivity (Wildman–Crippen MR) is 121 cm³/mol. The van der Waals surface area contributed by atoms with E-state index in [-0.39, 0.29) is 11.6 Å². The second-order valence-corrected chi connectivity index (χ2v) is 7.97. The minimum atomic E-state index is -0.837. The summed E-state index contributed by atoms with van der Waals surface area (Å²) in [6, 6.07) is 11.1. The summed E-state index contributed by atoms with van der Waals surface area (Å²) in [7, 11) is 1.63. The lowest BCUT2D eigenvalue weighted by molar-refractivity contribution is -0.144. The highest BCUT2D eigenvalue weighted by atomic mass is 79.9. The average molecular weight is 488 g/mol. The number of methoxy groups -OCH3 is 1. The summed E-state index contributed by atoms with van der Waals surface area (Å²) < 4.78 is 13.2. The number of carbonyl (C=O) groups is 2. The number of aromatic nitrogens is 1. The molecule has 0 aliphatic rings. The van der Waals surface area contributed by atoms with Crippen molar-refractivity contribution in [3.63, 3.8) is 0 Å². The molecular formula is C23H26BrN3O4. The van der Waals surface area contributed by atoms with Crippen LogP contribution in [-0.4, -0.2) is 36.8 Å². The summed E-state index contributed by atoms with van der Waals surface area (Å²) in [5.74, 6) is -1.28. The van der Waals surface area contributed by atoms with E-state index >= 15 is 0 Å². The number of benzene rings is 1. The number of rotatable bonds is 9. The molecule has 1 heterocycles. The third kappa shape index (κ3) is 6.81. The van der Waals surface area contributed by atoms with Gasteiger partial charge in [0.1, 0.15) is 11.6 Å². The third-order valence-electron chi connectivity index (χ3n) is 4.85. The molecule has 0 bridgehead atoms. The Hall–Kier alpha value is -2.89. The van der Waals surface area contributed by atoms with E-state index in [9.17, 15) is 14.9 Å². The quantitative estimate of drug-likeness (QED) is 0.329. The van der Waals surface area contributed by atoms with Gasteiger partial charge in [-0.1, -0.05) is 28.1 Å². The molecule has 2 rings (SSSR count). The summed E-state index contributed by atoms with van der Waals surface area (Å²) in [4.78, 5) is 24.5. The number of hydrogen-bond donors (Lipinski definition) is 1. The van der Waals surface area contributed by atoms with Gasteiger partial charge in [-0.15, -0.1) is 0 Å².